The number of furan rings is 1. The molecule has 0 aliphatic heterocycles. The molecule has 0 saturated heterocycles. The summed E-state index contributed by atoms with van der Waals surface area (Å²) in [5, 5.41) is 24.0. The molecule has 1 amide bonds. The number of non-ortho nitro benzene ring substituents is 1. The Morgan fingerprint density at radius 2 is 2.20 bits per heavy atom. The number of carbonyl (C=O) groups is 1. The summed E-state index contributed by atoms with van der Waals surface area (Å²) in [6.07, 6.45) is 1.29. The number of amides is 1. The maximum absolute atomic E-state index is 12.4. The van der Waals surface area contributed by atoms with E-state index in [9.17, 15) is 20.2 Å². The van der Waals surface area contributed by atoms with Crippen molar-refractivity contribution in [3.8, 4) is 17.4 Å². The van der Waals surface area contributed by atoms with Crippen molar-refractivity contribution < 1.29 is 14.1 Å². The Morgan fingerprint density at radius 3 is 2.90 bits per heavy atom. The highest BCUT2D eigenvalue weighted by Gasteiger charge is 2.15. The minimum absolute atomic E-state index is 0.0647. The number of hydrogen-bond donors (Lipinski definition) is 1. The molecule has 0 radical (unpaired) electrons. The Morgan fingerprint density at radius 1 is 1.40 bits per heavy atom. The molecule has 3 rings (SSSR count). The molecule has 0 spiro atoms. The molecule has 0 aliphatic rings. The molecule has 0 aliphatic carbocycles. The molecule has 152 valence electrons. The molecular formula is C19H15N5O4S2. The van der Waals surface area contributed by atoms with Crippen molar-refractivity contribution in [1.29, 1.82) is 5.26 Å². The molecule has 0 bridgehead atoms. The number of hydrogen-bond acceptors (Lipinski definition) is 9. The smallest absolute Gasteiger partial charge is 0.270 e. The van der Waals surface area contributed by atoms with E-state index in [1.807, 2.05) is 19.9 Å². The number of carbonyl (C=O) groups excluding carboxylic acids is 1. The van der Waals surface area contributed by atoms with E-state index in [0.717, 1.165) is 11.5 Å². The van der Waals surface area contributed by atoms with Gasteiger partial charge in [0, 0.05) is 40.6 Å². The summed E-state index contributed by atoms with van der Waals surface area (Å²) in [7, 11) is 0. The largest absolute Gasteiger partial charge is 0.457 e. The Hall–Kier alpha value is -3.49. The first-order valence-corrected chi connectivity index (χ1v) is 10.3. The second kappa shape index (κ2) is 9.34. The predicted octanol–water partition coefficient (Wildman–Crippen LogP) is 4.75. The Labute approximate surface area is 179 Å². The average Bonchev–Trinajstić information content (AvgIpc) is 3.35. The zero-order chi connectivity index (χ0) is 21.7. The molecule has 0 fully saturated rings. The van der Waals surface area contributed by atoms with Gasteiger partial charge in [0.15, 0.2) is 0 Å². The second-order valence-corrected chi connectivity index (χ2v) is 8.48. The number of rotatable bonds is 7. The van der Waals surface area contributed by atoms with E-state index in [-0.39, 0.29) is 17.0 Å². The number of benzene rings is 1. The molecule has 1 aromatic carbocycles. The summed E-state index contributed by atoms with van der Waals surface area (Å²) in [6, 6.07) is 11.0. The van der Waals surface area contributed by atoms with Crippen LogP contribution in [0.5, 0.6) is 0 Å². The first-order valence-electron chi connectivity index (χ1n) is 8.64. The van der Waals surface area contributed by atoms with Crippen molar-refractivity contribution in [2.24, 2.45) is 0 Å². The van der Waals surface area contributed by atoms with Gasteiger partial charge >= 0.3 is 0 Å². The number of aromatic nitrogens is 2. The fourth-order valence-corrected chi connectivity index (χ4v) is 3.71. The van der Waals surface area contributed by atoms with Gasteiger partial charge in [-0.05, 0) is 12.1 Å². The summed E-state index contributed by atoms with van der Waals surface area (Å²) < 4.78 is 9.77. The molecule has 11 heteroatoms. The highest BCUT2D eigenvalue weighted by Crippen LogP contribution is 2.27. The highest BCUT2D eigenvalue weighted by molar-refractivity contribution is 7.99. The zero-order valence-corrected chi connectivity index (χ0v) is 17.5. The lowest BCUT2D eigenvalue weighted by Crippen LogP contribution is -2.13. The number of nitriles is 1. The monoisotopic (exact) mass is 441 g/mol. The Bertz CT molecular complexity index is 1160. The Balaban J connectivity index is 1.76. The van der Waals surface area contributed by atoms with Gasteiger partial charge in [-0.15, -0.1) is 0 Å². The van der Waals surface area contributed by atoms with Gasteiger partial charge in [0.2, 0.25) is 10.3 Å². The predicted molar refractivity (Wildman–Crippen MR) is 114 cm³/mol. The van der Waals surface area contributed by atoms with Gasteiger partial charge in [-0.3, -0.25) is 20.2 Å². The van der Waals surface area contributed by atoms with Crippen LogP contribution in [0.25, 0.3) is 17.4 Å². The van der Waals surface area contributed by atoms with E-state index >= 15 is 0 Å². The number of nitrogens with zero attached hydrogens (tertiary/aromatic N) is 4. The molecule has 2 aromatic heterocycles. The normalized spacial score (nSPS) is 11.3. The number of nitrogens with one attached hydrogen (secondary N) is 1. The van der Waals surface area contributed by atoms with E-state index in [0.29, 0.717) is 26.9 Å². The lowest BCUT2D eigenvalue weighted by molar-refractivity contribution is -0.384. The summed E-state index contributed by atoms with van der Waals surface area (Å²) >= 11 is 2.50. The molecule has 3 aromatic rings. The molecular weight excluding hydrogens is 426 g/mol. The van der Waals surface area contributed by atoms with Crippen molar-refractivity contribution in [3.05, 3.63) is 57.8 Å². The van der Waals surface area contributed by atoms with E-state index in [2.05, 4.69) is 14.7 Å². The van der Waals surface area contributed by atoms with Gasteiger partial charge in [-0.1, -0.05) is 37.7 Å². The number of nitro groups is 1. The molecule has 30 heavy (non-hydrogen) atoms. The van der Waals surface area contributed by atoms with Crippen molar-refractivity contribution >= 4 is 46.1 Å². The summed E-state index contributed by atoms with van der Waals surface area (Å²) in [6.45, 7) is 4.01. The van der Waals surface area contributed by atoms with E-state index in [1.54, 1.807) is 24.3 Å². The summed E-state index contributed by atoms with van der Waals surface area (Å²) in [5.74, 6) is 0.00157. The van der Waals surface area contributed by atoms with Crippen molar-refractivity contribution in [3.63, 3.8) is 0 Å². The van der Waals surface area contributed by atoms with Crippen LogP contribution in [0.1, 0.15) is 19.6 Å². The third kappa shape index (κ3) is 5.31. The molecule has 0 unspecified atom stereocenters. The molecule has 1 N–H and O–H groups in total. The van der Waals surface area contributed by atoms with Crippen LogP contribution in [0.2, 0.25) is 0 Å². The van der Waals surface area contributed by atoms with Gasteiger partial charge in [0.1, 0.15) is 23.2 Å². The van der Waals surface area contributed by atoms with Crippen LogP contribution >= 0.6 is 23.3 Å². The van der Waals surface area contributed by atoms with Crippen LogP contribution in [0.15, 0.2) is 51.5 Å². The standard InChI is InChI=1S/C19H15N5O4S2/c1-11(2)29-19-22-18(30-23-19)21-17(25)13(10-20)9-15-6-7-16(28-15)12-4-3-5-14(8-12)24(26)27/h3-9,11H,1-2H3,(H,21,22,23,25)/b13-9-. The van der Waals surface area contributed by atoms with Gasteiger partial charge in [0.25, 0.3) is 11.6 Å². The van der Waals surface area contributed by atoms with Gasteiger partial charge in [-0.2, -0.15) is 14.6 Å². The highest BCUT2D eigenvalue weighted by atomic mass is 32.2. The lowest BCUT2D eigenvalue weighted by Gasteiger charge is -2.00. The summed E-state index contributed by atoms with van der Waals surface area (Å²) in [4.78, 5) is 27.0. The lowest BCUT2D eigenvalue weighted by atomic mass is 10.1. The second-order valence-electron chi connectivity index (χ2n) is 6.18. The maximum atomic E-state index is 12.4. The van der Waals surface area contributed by atoms with Crippen LogP contribution in [-0.4, -0.2) is 25.4 Å². The molecule has 2 heterocycles. The van der Waals surface area contributed by atoms with Crippen molar-refractivity contribution in [1.82, 2.24) is 9.36 Å². The van der Waals surface area contributed by atoms with E-state index in [4.69, 9.17) is 4.42 Å². The van der Waals surface area contributed by atoms with Crippen LogP contribution < -0.4 is 5.32 Å². The first-order chi connectivity index (χ1) is 14.4. The number of thioether (sulfide) groups is 1. The van der Waals surface area contributed by atoms with E-state index in [1.165, 1.54) is 30.0 Å². The fraction of sp³-hybridized carbons (Fsp3) is 0.158. The minimum Gasteiger partial charge on any atom is -0.457 e. The van der Waals surface area contributed by atoms with Crippen LogP contribution in [0, 0.1) is 21.4 Å². The van der Waals surface area contributed by atoms with Crippen molar-refractivity contribution in [2.45, 2.75) is 24.3 Å². The van der Waals surface area contributed by atoms with Crippen LogP contribution in [0.4, 0.5) is 10.8 Å². The Kier molecular flexibility index (Phi) is 6.61. The van der Waals surface area contributed by atoms with Crippen LogP contribution in [0.3, 0.4) is 0 Å². The third-order valence-electron chi connectivity index (χ3n) is 3.59. The van der Waals surface area contributed by atoms with Crippen molar-refractivity contribution in [2.75, 3.05) is 5.32 Å². The fourth-order valence-electron chi connectivity index (χ4n) is 2.33. The zero-order valence-electron chi connectivity index (χ0n) is 15.9. The maximum Gasteiger partial charge on any atom is 0.270 e. The van der Waals surface area contributed by atoms with Crippen LogP contribution in [-0.2, 0) is 4.79 Å². The average molecular weight is 441 g/mol. The molecule has 0 atom stereocenters. The van der Waals surface area contributed by atoms with Gasteiger partial charge in [-0.25, -0.2) is 0 Å². The molecule has 9 nitrogen and oxygen atoms in total. The SMILES string of the molecule is CC(C)Sc1nsc(NC(=O)/C(C#N)=C\c2ccc(-c3cccc([N+](=O)[O-])c3)o2)n1. The van der Waals surface area contributed by atoms with E-state index < -0.39 is 10.8 Å². The quantitative estimate of drug-likeness (QED) is 0.182. The topological polar surface area (TPSA) is 135 Å². The summed E-state index contributed by atoms with van der Waals surface area (Å²) in [5.41, 5.74) is 0.268. The minimum atomic E-state index is -0.636. The first kappa shape index (κ1) is 21.2. The molecule has 0 saturated carbocycles. The number of nitro benzene ring substituents is 1. The third-order valence-corrected chi connectivity index (χ3v) is 5.20. The number of anilines is 1. The van der Waals surface area contributed by atoms with Gasteiger partial charge in [0.05, 0.1) is 4.92 Å². The van der Waals surface area contributed by atoms with Gasteiger partial charge < -0.3 is 4.42 Å².